The van der Waals surface area contributed by atoms with Crippen LogP contribution in [0.5, 0.6) is 0 Å². The maximum atomic E-state index is 13.5. The van der Waals surface area contributed by atoms with Crippen molar-refractivity contribution in [3.63, 3.8) is 0 Å². The lowest BCUT2D eigenvalue weighted by Crippen LogP contribution is -2.38. The van der Waals surface area contributed by atoms with E-state index >= 15 is 0 Å². The number of hydrogen-bond acceptors (Lipinski definition) is 5. The summed E-state index contributed by atoms with van der Waals surface area (Å²) in [5.74, 6) is 0. The largest absolute Gasteiger partial charge is 0.433 e. The maximum absolute atomic E-state index is 13.5. The Bertz CT molecular complexity index is 1180. The van der Waals surface area contributed by atoms with Gasteiger partial charge in [-0.2, -0.15) is 27.7 Å². The zero-order valence-electron chi connectivity index (χ0n) is 16.5. The summed E-state index contributed by atoms with van der Waals surface area (Å²) >= 11 is 0. The van der Waals surface area contributed by atoms with Crippen LogP contribution in [-0.4, -0.2) is 43.6 Å². The highest BCUT2D eigenvalue weighted by atomic mass is 32.2. The maximum Gasteiger partial charge on any atom is 0.433 e. The summed E-state index contributed by atoms with van der Waals surface area (Å²) in [7, 11) is -3.87. The summed E-state index contributed by atoms with van der Waals surface area (Å²) in [4.78, 5) is 4.20. The van der Waals surface area contributed by atoms with Crippen LogP contribution >= 0.6 is 0 Å². The Labute approximate surface area is 171 Å². The predicted octanol–water partition coefficient (Wildman–Crippen LogP) is 3.19. The molecule has 0 radical (unpaired) electrons. The summed E-state index contributed by atoms with van der Waals surface area (Å²) in [6.07, 6.45) is 0.0133. The fourth-order valence-electron chi connectivity index (χ4n) is 3.76. The Kier molecular flexibility index (Phi) is 5.09. The van der Waals surface area contributed by atoms with Crippen LogP contribution in [0, 0.1) is 6.92 Å². The lowest BCUT2D eigenvalue weighted by Gasteiger charge is -2.33. The van der Waals surface area contributed by atoms with Gasteiger partial charge in [0.2, 0.25) is 10.0 Å². The molecular formula is C18H21F3N6O2S. The molecule has 0 N–H and O–H groups in total. The second-order valence-corrected chi connectivity index (χ2v) is 9.17. The molecule has 162 valence electrons. The first-order valence-corrected chi connectivity index (χ1v) is 11.0. The minimum atomic E-state index is -4.61. The van der Waals surface area contributed by atoms with Crippen LogP contribution in [0.3, 0.4) is 0 Å². The number of sulfonamides is 1. The predicted molar refractivity (Wildman–Crippen MR) is 101 cm³/mol. The molecule has 1 unspecified atom stereocenters. The van der Waals surface area contributed by atoms with Gasteiger partial charge in [-0.25, -0.2) is 17.9 Å². The van der Waals surface area contributed by atoms with Crippen LogP contribution in [-0.2, 0) is 22.7 Å². The van der Waals surface area contributed by atoms with Gasteiger partial charge in [0.1, 0.15) is 10.6 Å². The van der Waals surface area contributed by atoms with Gasteiger partial charge in [0.15, 0.2) is 5.65 Å². The van der Waals surface area contributed by atoms with Gasteiger partial charge in [0, 0.05) is 31.0 Å². The Hall–Kier alpha value is -2.47. The van der Waals surface area contributed by atoms with Gasteiger partial charge >= 0.3 is 6.18 Å². The fraction of sp³-hybridized carbons (Fsp3) is 0.500. The number of piperidine rings is 1. The molecule has 0 aliphatic carbocycles. The third kappa shape index (κ3) is 3.58. The van der Waals surface area contributed by atoms with E-state index in [1.165, 1.54) is 34.4 Å². The van der Waals surface area contributed by atoms with Crippen molar-refractivity contribution < 1.29 is 21.6 Å². The number of nitrogens with zero attached hydrogens (tertiary/aromatic N) is 6. The molecule has 4 heterocycles. The molecule has 0 aromatic carbocycles. The fourth-order valence-corrected chi connectivity index (χ4v) is 5.38. The lowest BCUT2D eigenvalue weighted by molar-refractivity contribution is -0.142. The summed E-state index contributed by atoms with van der Waals surface area (Å²) in [5, 5.41) is 8.16. The minimum Gasteiger partial charge on any atom is -0.272 e. The zero-order chi connectivity index (χ0) is 21.7. The Morgan fingerprint density at radius 1 is 1.23 bits per heavy atom. The van der Waals surface area contributed by atoms with Gasteiger partial charge in [-0.05, 0) is 32.8 Å². The van der Waals surface area contributed by atoms with Gasteiger partial charge in [0.05, 0.1) is 17.9 Å². The first kappa shape index (κ1) is 20.8. The van der Waals surface area contributed by atoms with Crippen molar-refractivity contribution in [2.24, 2.45) is 0 Å². The van der Waals surface area contributed by atoms with Gasteiger partial charge in [0.25, 0.3) is 0 Å². The standard InChI is InChI=1S/C18H21F3N6O2S/c1-3-25-11-13(10-22-25)30(28,29)26-7-5-4-6-15(26)14-9-17-23-12(2)8-16(18(19,20)21)27(17)24-14/h8-11,15H,3-7H2,1-2H3. The number of halogens is 3. The first-order valence-electron chi connectivity index (χ1n) is 9.60. The molecule has 3 aromatic heterocycles. The highest BCUT2D eigenvalue weighted by Crippen LogP contribution is 2.36. The number of fused-ring (bicyclic) bond motifs is 1. The van der Waals surface area contributed by atoms with Crippen LogP contribution in [0.25, 0.3) is 5.65 Å². The van der Waals surface area contributed by atoms with Gasteiger partial charge in [-0.3, -0.25) is 4.68 Å². The molecule has 1 saturated heterocycles. The second kappa shape index (κ2) is 7.34. The molecule has 4 rings (SSSR count). The molecule has 1 fully saturated rings. The minimum absolute atomic E-state index is 0.0408. The normalized spacial score (nSPS) is 18.9. The van der Waals surface area contributed by atoms with Crippen molar-refractivity contribution in [3.8, 4) is 0 Å². The average Bonchev–Trinajstić information content (AvgIpc) is 3.33. The van der Waals surface area contributed by atoms with Gasteiger partial charge in [-0.1, -0.05) is 6.42 Å². The van der Waals surface area contributed by atoms with E-state index in [1.54, 1.807) is 0 Å². The molecule has 3 aromatic rings. The number of alkyl halides is 3. The molecule has 0 bridgehead atoms. The van der Waals surface area contributed by atoms with Crippen molar-refractivity contribution in [1.29, 1.82) is 0 Å². The summed E-state index contributed by atoms with van der Waals surface area (Å²) in [6, 6.07) is 1.70. The third-order valence-corrected chi connectivity index (χ3v) is 7.06. The summed E-state index contributed by atoms with van der Waals surface area (Å²) in [5.41, 5.74) is -0.434. The molecule has 1 aliphatic rings. The van der Waals surface area contributed by atoms with Crippen molar-refractivity contribution >= 4 is 15.7 Å². The van der Waals surface area contributed by atoms with E-state index in [4.69, 9.17) is 0 Å². The molecule has 12 heteroatoms. The molecule has 1 aliphatic heterocycles. The molecule has 0 spiro atoms. The zero-order valence-corrected chi connectivity index (χ0v) is 17.3. The topological polar surface area (TPSA) is 85.4 Å². The highest BCUT2D eigenvalue weighted by Gasteiger charge is 2.38. The van der Waals surface area contributed by atoms with E-state index in [9.17, 15) is 21.6 Å². The third-order valence-electron chi connectivity index (χ3n) is 5.20. The van der Waals surface area contributed by atoms with E-state index in [2.05, 4.69) is 15.2 Å². The number of aromatic nitrogens is 5. The molecule has 0 amide bonds. The van der Waals surface area contributed by atoms with Crippen LogP contribution in [0.4, 0.5) is 13.2 Å². The molecule has 0 saturated carbocycles. The molecule has 8 nitrogen and oxygen atoms in total. The number of rotatable bonds is 4. The number of hydrogen-bond donors (Lipinski definition) is 0. The SMILES string of the molecule is CCn1cc(S(=O)(=O)N2CCCCC2c2cc3nc(C)cc(C(F)(F)F)n3n2)cn1. The summed E-state index contributed by atoms with van der Waals surface area (Å²) in [6.45, 7) is 4.11. The van der Waals surface area contributed by atoms with E-state index in [0.717, 1.165) is 17.0 Å². The van der Waals surface area contributed by atoms with E-state index < -0.39 is 27.9 Å². The average molecular weight is 442 g/mol. The van der Waals surface area contributed by atoms with E-state index in [1.807, 2.05) is 6.92 Å². The molecule has 30 heavy (non-hydrogen) atoms. The van der Waals surface area contributed by atoms with Crippen molar-refractivity contribution in [3.05, 3.63) is 41.6 Å². The highest BCUT2D eigenvalue weighted by molar-refractivity contribution is 7.89. The van der Waals surface area contributed by atoms with E-state index in [-0.39, 0.29) is 28.5 Å². The van der Waals surface area contributed by atoms with Gasteiger partial charge < -0.3 is 0 Å². The Balaban J connectivity index is 1.79. The van der Waals surface area contributed by atoms with Crippen LogP contribution in [0.2, 0.25) is 0 Å². The monoisotopic (exact) mass is 442 g/mol. The quantitative estimate of drug-likeness (QED) is 0.620. The number of aryl methyl sites for hydroxylation is 2. The lowest BCUT2D eigenvalue weighted by atomic mass is 10.0. The Morgan fingerprint density at radius 2 is 2.00 bits per heavy atom. The Morgan fingerprint density at radius 3 is 2.67 bits per heavy atom. The van der Waals surface area contributed by atoms with Crippen molar-refractivity contribution in [2.75, 3.05) is 6.54 Å². The smallest absolute Gasteiger partial charge is 0.272 e. The second-order valence-electron chi connectivity index (χ2n) is 7.28. The summed E-state index contributed by atoms with van der Waals surface area (Å²) < 4.78 is 70.5. The molecular weight excluding hydrogens is 421 g/mol. The van der Waals surface area contributed by atoms with Crippen molar-refractivity contribution in [2.45, 2.75) is 56.8 Å². The van der Waals surface area contributed by atoms with Gasteiger partial charge in [-0.15, -0.1) is 0 Å². The van der Waals surface area contributed by atoms with E-state index in [0.29, 0.717) is 19.4 Å². The van der Waals surface area contributed by atoms with Crippen LogP contribution in [0.15, 0.2) is 29.4 Å². The molecule has 1 atom stereocenters. The van der Waals surface area contributed by atoms with Crippen LogP contribution in [0.1, 0.15) is 49.3 Å². The first-order chi connectivity index (χ1) is 14.1. The van der Waals surface area contributed by atoms with Crippen LogP contribution < -0.4 is 0 Å². The van der Waals surface area contributed by atoms with Crippen molar-refractivity contribution in [1.82, 2.24) is 28.7 Å².